The standard InChI is InChI=1S/C10H17N5.HI/c1-8(2)6-12-10(11)13-7-9-4-5-14-15(9)3;/h4-5H,1,6-7H2,2-3H3,(H3,11,12,13);1H. The van der Waals surface area contributed by atoms with Crippen molar-refractivity contribution in [3.05, 3.63) is 30.1 Å². The summed E-state index contributed by atoms with van der Waals surface area (Å²) in [5.74, 6) is 0.430. The largest absolute Gasteiger partial charge is 0.370 e. The molecule has 0 radical (unpaired) electrons. The van der Waals surface area contributed by atoms with Gasteiger partial charge in [-0.3, -0.25) is 4.68 Å². The molecule has 0 aromatic carbocycles. The lowest BCUT2D eigenvalue weighted by Crippen LogP contribution is -2.32. The van der Waals surface area contributed by atoms with E-state index in [0.717, 1.165) is 11.3 Å². The van der Waals surface area contributed by atoms with Gasteiger partial charge in [0.05, 0.1) is 12.2 Å². The molecular weight excluding hydrogens is 317 g/mol. The van der Waals surface area contributed by atoms with Gasteiger partial charge in [0.1, 0.15) is 0 Å². The predicted octanol–water partition coefficient (Wildman–Crippen LogP) is 1.02. The summed E-state index contributed by atoms with van der Waals surface area (Å²) in [5.41, 5.74) is 7.70. The van der Waals surface area contributed by atoms with Crippen LogP contribution in [0.4, 0.5) is 0 Å². The van der Waals surface area contributed by atoms with Crippen LogP contribution in [-0.2, 0) is 13.6 Å². The van der Waals surface area contributed by atoms with Gasteiger partial charge in [-0.15, -0.1) is 24.0 Å². The molecule has 1 rings (SSSR count). The van der Waals surface area contributed by atoms with Crippen molar-refractivity contribution in [2.75, 3.05) is 6.54 Å². The molecule has 1 aromatic rings. The fourth-order valence-electron chi connectivity index (χ4n) is 1.02. The molecule has 0 aliphatic rings. The van der Waals surface area contributed by atoms with E-state index in [0.29, 0.717) is 19.0 Å². The summed E-state index contributed by atoms with van der Waals surface area (Å²) in [6.07, 6.45) is 1.74. The number of nitrogens with one attached hydrogen (secondary N) is 1. The molecule has 16 heavy (non-hydrogen) atoms. The summed E-state index contributed by atoms with van der Waals surface area (Å²) >= 11 is 0. The maximum Gasteiger partial charge on any atom is 0.189 e. The highest BCUT2D eigenvalue weighted by Gasteiger charge is 1.97. The third-order valence-electron chi connectivity index (χ3n) is 1.91. The van der Waals surface area contributed by atoms with Crippen molar-refractivity contribution in [2.45, 2.75) is 13.5 Å². The van der Waals surface area contributed by atoms with Crippen LogP contribution in [0.2, 0.25) is 0 Å². The minimum Gasteiger partial charge on any atom is -0.370 e. The first kappa shape index (κ1) is 14.9. The van der Waals surface area contributed by atoms with Crippen LogP contribution in [0.15, 0.2) is 29.4 Å². The number of aliphatic imine (C=N–C) groups is 1. The molecule has 0 amide bonds. The fourth-order valence-corrected chi connectivity index (χ4v) is 1.02. The highest BCUT2D eigenvalue weighted by Crippen LogP contribution is 1.97. The Bertz CT molecular complexity index is 369. The first-order chi connectivity index (χ1) is 7.09. The Balaban J connectivity index is 0.00000225. The van der Waals surface area contributed by atoms with E-state index in [9.17, 15) is 0 Å². The van der Waals surface area contributed by atoms with Crippen LogP contribution >= 0.6 is 24.0 Å². The highest BCUT2D eigenvalue weighted by atomic mass is 127. The molecule has 1 aromatic heterocycles. The smallest absolute Gasteiger partial charge is 0.189 e. The average molecular weight is 335 g/mol. The summed E-state index contributed by atoms with van der Waals surface area (Å²) in [6, 6.07) is 1.91. The Labute approximate surface area is 113 Å². The van der Waals surface area contributed by atoms with Crippen LogP contribution in [-0.4, -0.2) is 22.3 Å². The quantitative estimate of drug-likeness (QED) is 0.374. The minimum absolute atomic E-state index is 0. The number of halogens is 1. The average Bonchev–Trinajstić information content (AvgIpc) is 2.58. The molecule has 0 spiro atoms. The number of hydrogen-bond donors (Lipinski definition) is 2. The lowest BCUT2D eigenvalue weighted by Gasteiger charge is -2.04. The summed E-state index contributed by atoms with van der Waals surface area (Å²) in [5, 5.41) is 7.00. The van der Waals surface area contributed by atoms with E-state index >= 15 is 0 Å². The molecule has 0 aliphatic heterocycles. The van der Waals surface area contributed by atoms with Gasteiger partial charge in [0.25, 0.3) is 0 Å². The molecule has 6 heteroatoms. The van der Waals surface area contributed by atoms with Crippen molar-refractivity contribution in [1.29, 1.82) is 0 Å². The molecular formula is C10H18IN5. The van der Waals surface area contributed by atoms with Gasteiger partial charge in [0.2, 0.25) is 0 Å². The first-order valence-electron chi connectivity index (χ1n) is 4.74. The number of rotatable bonds is 4. The van der Waals surface area contributed by atoms with E-state index < -0.39 is 0 Å². The zero-order chi connectivity index (χ0) is 11.3. The molecule has 0 saturated carbocycles. The second-order valence-electron chi connectivity index (χ2n) is 3.46. The zero-order valence-electron chi connectivity index (χ0n) is 9.60. The van der Waals surface area contributed by atoms with Crippen molar-refractivity contribution < 1.29 is 0 Å². The SMILES string of the molecule is C=C(C)CNC(N)=NCc1ccnn1C.I. The lowest BCUT2D eigenvalue weighted by atomic mass is 10.3. The number of aromatic nitrogens is 2. The highest BCUT2D eigenvalue weighted by molar-refractivity contribution is 14.0. The van der Waals surface area contributed by atoms with E-state index in [-0.39, 0.29) is 24.0 Å². The Hall–Kier alpha value is -1.05. The lowest BCUT2D eigenvalue weighted by molar-refractivity contribution is 0.711. The topological polar surface area (TPSA) is 68.2 Å². The second kappa shape index (κ2) is 7.26. The molecule has 0 aliphatic carbocycles. The maximum atomic E-state index is 5.66. The van der Waals surface area contributed by atoms with Crippen molar-refractivity contribution in [3.63, 3.8) is 0 Å². The van der Waals surface area contributed by atoms with Crippen molar-refractivity contribution in [1.82, 2.24) is 15.1 Å². The second-order valence-corrected chi connectivity index (χ2v) is 3.46. The van der Waals surface area contributed by atoms with Crippen LogP contribution in [0.3, 0.4) is 0 Å². The Kier molecular flexibility index (Phi) is 6.78. The maximum absolute atomic E-state index is 5.66. The molecule has 5 nitrogen and oxygen atoms in total. The first-order valence-corrected chi connectivity index (χ1v) is 4.74. The van der Waals surface area contributed by atoms with E-state index in [2.05, 4.69) is 22.0 Å². The van der Waals surface area contributed by atoms with Crippen molar-refractivity contribution in [3.8, 4) is 0 Å². The Morgan fingerprint density at radius 3 is 2.88 bits per heavy atom. The van der Waals surface area contributed by atoms with Gasteiger partial charge >= 0.3 is 0 Å². The van der Waals surface area contributed by atoms with Gasteiger partial charge < -0.3 is 11.1 Å². The molecule has 0 saturated heterocycles. The third-order valence-corrected chi connectivity index (χ3v) is 1.91. The zero-order valence-corrected chi connectivity index (χ0v) is 11.9. The third kappa shape index (κ3) is 5.15. The molecule has 0 atom stereocenters. The summed E-state index contributed by atoms with van der Waals surface area (Å²) in [4.78, 5) is 4.18. The normalized spacial score (nSPS) is 10.8. The molecule has 1 heterocycles. The molecule has 0 unspecified atom stereocenters. The van der Waals surface area contributed by atoms with Gasteiger partial charge in [0, 0.05) is 19.8 Å². The van der Waals surface area contributed by atoms with Crippen LogP contribution in [0.5, 0.6) is 0 Å². The summed E-state index contributed by atoms with van der Waals surface area (Å²) in [6.45, 7) is 6.88. The molecule has 0 fully saturated rings. The molecule has 0 bridgehead atoms. The minimum atomic E-state index is 0. The van der Waals surface area contributed by atoms with Gasteiger partial charge in [0.15, 0.2) is 5.96 Å². The van der Waals surface area contributed by atoms with E-state index in [4.69, 9.17) is 5.73 Å². The van der Waals surface area contributed by atoms with Gasteiger partial charge in [-0.2, -0.15) is 5.10 Å². The van der Waals surface area contributed by atoms with E-state index in [1.807, 2.05) is 20.0 Å². The number of nitrogens with two attached hydrogens (primary N) is 1. The fraction of sp³-hybridized carbons (Fsp3) is 0.400. The summed E-state index contributed by atoms with van der Waals surface area (Å²) in [7, 11) is 1.88. The van der Waals surface area contributed by atoms with Gasteiger partial charge in [-0.1, -0.05) is 12.2 Å². The van der Waals surface area contributed by atoms with Crippen LogP contribution in [0, 0.1) is 0 Å². The Morgan fingerprint density at radius 1 is 1.69 bits per heavy atom. The number of hydrogen-bond acceptors (Lipinski definition) is 2. The monoisotopic (exact) mass is 335 g/mol. The van der Waals surface area contributed by atoms with Crippen LogP contribution in [0.1, 0.15) is 12.6 Å². The number of aryl methyl sites for hydroxylation is 1. The Morgan fingerprint density at radius 2 is 2.38 bits per heavy atom. The summed E-state index contributed by atoms with van der Waals surface area (Å²) < 4.78 is 1.77. The molecule has 3 N–H and O–H groups in total. The van der Waals surface area contributed by atoms with Gasteiger partial charge in [-0.25, -0.2) is 4.99 Å². The van der Waals surface area contributed by atoms with Crippen LogP contribution < -0.4 is 11.1 Å². The number of guanidine groups is 1. The predicted molar refractivity (Wildman–Crippen MR) is 76.8 cm³/mol. The van der Waals surface area contributed by atoms with E-state index in [1.165, 1.54) is 0 Å². The molecule has 90 valence electrons. The number of nitrogens with zero attached hydrogens (tertiary/aromatic N) is 3. The van der Waals surface area contributed by atoms with Crippen LogP contribution in [0.25, 0.3) is 0 Å². The van der Waals surface area contributed by atoms with Crippen molar-refractivity contribution in [2.24, 2.45) is 17.8 Å². The van der Waals surface area contributed by atoms with Crippen molar-refractivity contribution >= 4 is 29.9 Å². The van der Waals surface area contributed by atoms with Gasteiger partial charge in [-0.05, 0) is 13.0 Å². The van der Waals surface area contributed by atoms with E-state index in [1.54, 1.807) is 10.9 Å².